The highest BCUT2D eigenvalue weighted by molar-refractivity contribution is 6.04. The van der Waals surface area contributed by atoms with Gasteiger partial charge >= 0.3 is 5.97 Å². The topological polar surface area (TPSA) is 59.4 Å². The molecule has 3 aromatic rings. The second kappa shape index (κ2) is 6.32. The van der Waals surface area contributed by atoms with Gasteiger partial charge in [-0.25, -0.2) is 9.78 Å². The van der Waals surface area contributed by atoms with Gasteiger partial charge in [-0.3, -0.25) is 0 Å². The van der Waals surface area contributed by atoms with E-state index in [1.165, 1.54) is 0 Å². The molecule has 4 nitrogen and oxygen atoms in total. The molecule has 0 aliphatic carbocycles. The summed E-state index contributed by atoms with van der Waals surface area (Å²) in [4.78, 5) is 16.4. The maximum Gasteiger partial charge on any atom is 0.336 e. The Balaban J connectivity index is 2.24. The number of fused-ring (bicyclic) bond motifs is 1. The van der Waals surface area contributed by atoms with Crippen LogP contribution in [-0.4, -0.2) is 23.2 Å². The Hall–Kier alpha value is -2.88. The molecule has 24 heavy (non-hydrogen) atoms. The molecule has 1 N–H and O–H groups in total. The molecule has 0 radical (unpaired) electrons. The molecule has 122 valence electrons. The number of carbonyl (C=O) groups is 1. The Morgan fingerprint density at radius 2 is 1.92 bits per heavy atom. The molecule has 0 saturated heterocycles. The third-order valence-electron chi connectivity index (χ3n) is 4.10. The number of hydrogen-bond donors (Lipinski definition) is 1. The maximum absolute atomic E-state index is 11.8. The number of rotatable bonds is 4. The van der Waals surface area contributed by atoms with Crippen LogP contribution in [0.4, 0.5) is 0 Å². The van der Waals surface area contributed by atoms with Gasteiger partial charge in [-0.2, -0.15) is 0 Å². The highest BCUT2D eigenvalue weighted by atomic mass is 16.5. The van der Waals surface area contributed by atoms with Gasteiger partial charge in [0.2, 0.25) is 0 Å². The number of methoxy groups -OCH3 is 1. The van der Waals surface area contributed by atoms with E-state index in [-0.39, 0.29) is 5.56 Å². The summed E-state index contributed by atoms with van der Waals surface area (Å²) in [6, 6.07) is 14.9. The summed E-state index contributed by atoms with van der Waals surface area (Å²) in [6.07, 6.45) is 0. The molecule has 0 saturated carbocycles. The maximum atomic E-state index is 11.8. The van der Waals surface area contributed by atoms with Crippen molar-refractivity contribution in [2.75, 3.05) is 7.11 Å². The average Bonchev–Trinajstić information content (AvgIpc) is 2.60. The van der Waals surface area contributed by atoms with E-state index in [9.17, 15) is 9.90 Å². The van der Waals surface area contributed by atoms with Crippen molar-refractivity contribution in [3.63, 3.8) is 0 Å². The lowest BCUT2D eigenvalue weighted by Crippen LogP contribution is -2.01. The minimum Gasteiger partial charge on any atom is -0.497 e. The standard InChI is InChI=1S/C20H19NO3/c1-12(2)13-7-8-18-16(10-13)17(20(22)23)11-19(21-18)14-5-4-6-15(9-14)24-3/h4-12H,1-3H3,(H,22,23). The summed E-state index contributed by atoms with van der Waals surface area (Å²) in [6.45, 7) is 4.17. The van der Waals surface area contributed by atoms with Crippen LogP contribution in [0.25, 0.3) is 22.2 Å². The quantitative estimate of drug-likeness (QED) is 0.754. The van der Waals surface area contributed by atoms with Crippen molar-refractivity contribution in [1.29, 1.82) is 0 Å². The van der Waals surface area contributed by atoms with Gasteiger partial charge in [-0.15, -0.1) is 0 Å². The van der Waals surface area contributed by atoms with Crippen LogP contribution in [-0.2, 0) is 0 Å². The van der Waals surface area contributed by atoms with E-state index < -0.39 is 5.97 Å². The Morgan fingerprint density at radius 1 is 1.12 bits per heavy atom. The number of aromatic nitrogens is 1. The zero-order chi connectivity index (χ0) is 17.3. The molecule has 1 aromatic heterocycles. The molecule has 2 aromatic carbocycles. The molecule has 1 heterocycles. The van der Waals surface area contributed by atoms with Crippen molar-refractivity contribution < 1.29 is 14.6 Å². The van der Waals surface area contributed by atoms with Crippen molar-refractivity contribution in [2.24, 2.45) is 0 Å². The van der Waals surface area contributed by atoms with E-state index in [2.05, 4.69) is 18.8 Å². The minimum atomic E-state index is -0.951. The van der Waals surface area contributed by atoms with Crippen molar-refractivity contribution in [3.8, 4) is 17.0 Å². The summed E-state index contributed by atoms with van der Waals surface area (Å²) in [7, 11) is 1.60. The first-order chi connectivity index (χ1) is 11.5. The van der Waals surface area contributed by atoms with Crippen LogP contribution in [0, 0.1) is 0 Å². The lowest BCUT2D eigenvalue weighted by molar-refractivity contribution is 0.0699. The smallest absolute Gasteiger partial charge is 0.336 e. The zero-order valence-corrected chi connectivity index (χ0v) is 13.9. The Morgan fingerprint density at radius 3 is 2.58 bits per heavy atom. The van der Waals surface area contributed by atoms with Gasteiger partial charge in [-0.05, 0) is 41.8 Å². The number of carboxylic acid groups (broad SMARTS) is 1. The summed E-state index contributed by atoms with van der Waals surface area (Å²) in [5, 5.41) is 10.3. The van der Waals surface area contributed by atoms with Crippen molar-refractivity contribution in [3.05, 3.63) is 59.7 Å². The van der Waals surface area contributed by atoms with Gasteiger partial charge < -0.3 is 9.84 Å². The normalized spacial score (nSPS) is 11.0. The first-order valence-corrected chi connectivity index (χ1v) is 7.82. The predicted molar refractivity (Wildman–Crippen MR) is 94.8 cm³/mol. The Kier molecular flexibility index (Phi) is 4.21. The van der Waals surface area contributed by atoms with E-state index >= 15 is 0 Å². The van der Waals surface area contributed by atoms with Crippen LogP contribution in [0.1, 0.15) is 35.7 Å². The summed E-state index contributed by atoms with van der Waals surface area (Å²) < 4.78 is 5.24. The number of nitrogens with zero attached hydrogens (tertiary/aromatic N) is 1. The molecule has 0 amide bonds. The molecule has 0 atom stereocenters. The molecule has 4 heteroatoms. The van der Waals surface area contributed by atoms with E-state index in [1.807, 2.05) is 42.5 Å². The predicted octanol–water partition coefficient (Wildman–Crippen LogP) is 4.73. The Labute approximate surface area is 140 Å². The van der Waals surface area contributed by atoms with Crippen LogP contribution in [0.15, 0.2) is 48.5 Å². The molecule has 3 rings (SSSR count). The van der Waals surface area contributed by atoms with Gasteiger partial charge in [0.25, 0.3) is 0 Å². The third kappa shape index (κ3) is 2.95. The molecular formula is C20H19NO3. The first kappa shape index (κ1) is 16.0. The van der Waals surface area contributed by atoms with Crippen LogP contribution < -0.4 is 4.74 Å². The number of ether oxygens (including phenoxy) is 1. The summed E-state index contributed by atoms with van der Waals surface area (Å²) in [5.74, 6) is 0.0861. The fourth-order valence-corrected chi connectivity index (χ4v) is 2.71. The fraction of sp³-hybridized carbons (Fsp3) is 0.200. The number of benzene rings is 2. The van der Waals surface area contributed by atoms with Crippen LogP contribution in [0.2, 0.25) is 0 Å². The molecule has 0 aliphatic rings. The first-order valence-electron chi connectivity index (χ1n) is 7.82. The van der Waals surface area contributed by atoms with Gasteiger partial charge in [0.05, 0.1) is 23.9 Å². The van der Waals surface area contributed by atoms with Crippen molar-refractivity contribution in [2.45, 2.75) is 19.8 Å². The van der Waals surface area contributed by atoms with Gasteiger partial charge in [0, 0.05) is 10.9 Å². The SMILES string of the molecule is COc1cccc(-c2cc(C(=O)O)c3cc(C(C)C)ccc3n2)c1. The second-order valence-corrected chi connectivity index (χ2v) is 6.02. The highest BCUT2D eigenvalue weighted by Crippen LogP contribution is 2.29. The molecule has 0 aliphatic heterocycles. The minimum absolute atomic E-state index is 0.264. The molecular weight excluding hydrogens is 302 g/mol. The molecule has 0 unspecified atom stereocenters. The molecule has 0 bridgehead atoms. The number of hydrogen-bond acceptors (Lipinski definition) is 3. The monoisotopic (exact) mass is 321 g/mol. The van der Waals surface area contributed by atoms with Crippen molar-refractivity contribution in [1.82, 2.24) is 4.98 Å². The van der Waals surface area contributed by atoms with E-state index in [1.54, 1.807) is 13.2 Å². The lowest BCUT2D eigenvalue weighted by atomic mass is 9.97. The largest absolute Gasteiger partial charge is 0.497 e. The van der Waals surface area contributed by atoms with Crippen LogP contribution >= 0.6 is 0 Å². The fourth-order valence-electron chi connectivity index (χ4n) is 2.71. The van der Waals surface area contributed by atoms with Crippen molar-refractivity contribution >= 4 is 16.9 Å². The number of pyridine rings is 1. The Bertz CT molecular complexity index is 916. The summed E-state index contributed by atoms with van der Waals surface area (Å²) in [5.41, 5.74) is 3.49. The van der Waals surface area contributed by atoms with E-state index in [0.29, 0.717) is 28.3 Å². The van der Waals surface area contributed by atoms with E-state index in [0.717, 1.165) is 11.1 Å². The number of carboxylic acids is 1. The van der Waals surface area contributed by atoms with E-state index in [4.69, 9.17) is 4.74 Å². The zero-order valence-electron chi connectivity index (χ0n) is 13.9. The highest BCUT2D eigenvalue weighted by Gasteiger charge is 2.14. The second-order valence-electron chi connectivity index (χ2n) is 6.02. The van der Waals surface area contributed by atoms with Crippen LogP contribution in [0.5, 0.6) is 5.75 Å². The third-order valence-corrected chi connectivity index (χ3v) is 4.10. The molecule has 0 fully saturated rings. The van der Waals surface area contributed by atoms with Gasteiger partial charge in [0.1, 0.15) is 5.75 Å². The van der Waals surface area contributed by atoms with Crippen LogP contribution in [0.3, 0.4) is 0 Å². The average molecular weight is 321 g/mol. The number of aromatic carboxylic acids is 1. The molecule has 0 spiro atoms. The summed E-state index contributed by atoms with van der Waals surface area (Å²) >= 11 is 0. The van der Waals surface area contributed by atoms with Gasteiger partial charge in [0.15, 0.2) is 0 Å². The van der Waals surface area contributed by atoms with Gasteiger partial charge in [-0.1, -0.05) is 32.0 Å². The lowest BCUT2D eigenvalue weighted by Gasteiger charge is -2.11.